The fraction of sp³-hybridized carbons (Fsp3) is 0.111. The smallest absolute Gasteiger partial charge is 0.341 e. The predicted octanol–water partition coefficient (Wildman–Crippen LogP) is 2.27. The van der Waals surface area contributed by atoms with Gasteiger partial charge in [-0.3, -0.25) is 14.6 Å². The number of H-pyrrole nitrogens is 1. The molecule has 3 rings (SSSR count). The highest BCUT2D eigenvalue weighted by Gasteiger charge is 2.14. The summed E-state index contributed by atoms with van der Waals surface area (Å²) >= 11 is 6.05. The van der Waals surface area contributed by atoms with E-state index in [-0.39, 0.29) is 18.7 Å². The summed E-state index contributed by atoms with van der Waals surface area (Å²) in [4.78, 5) is 41.4. The highest BCUT2D eigenvalue weighted by molar-refractivity contribution is 6.31. The van der Waals surface area contributed by atoms with Gasteiger partial charge >= 0.3 is 5.97 Å². The normalized spacial score (nSPS) is 10.7. The van der Waals surface area contributed by atoms with E-state index in [0.717, 1.165) is 0 Å². The Morgan fingerprint density at radius 1 is 1.30 bits per heavy atom. The molecule has 0 bridgehead atoms. The average Bonchev–Trinajstić information content (AvgIpc) is 2.61. The third-order valence-corrected chi connectivity index (χ3v) is 4.09. The number of nitrogens with one attached hydrogen (secondary N) is 2. The van der Waals surface area contributed by atoms with E-state index in [1.165, 1.54) is 30.5 Å². The molecule has 0 radical (unpaired) electrons. The summed E-state index contributed by atoms with van der Waals surface area (Å²) in [6.07, 6.45) is 1.14. The molecule has 0 unspecified atom stereocenters. The Bertz CT molecular complexity index is 1110. The first-order valence-electron chi connectivity index (χ1n) is 7.80. The molecular weight excluding hydrogens is 377 g/mol. The van der Waals surface area contributed by atoms with Crippen LogP contribution in [0.5, 0.6) is 0 Å². The Morgan fingerprint density at radius 3 is 2.78 bits per heavy atom. The zero-order valence-corrected chi connectivity index (χ0v) is 14.5. The maximum absolute atomic E-state index is 13.6. The lowest BCUT2D eigenvalue weighted by Gasteiger charge is -2.10. The van der Waals surface area contributed by atoms with E-state index in [0.29, 0.717) is 21.5 Å². The van der Waals surface area contributed by atoms with Crippen LogP contribution in [-0.2, 0) is 17.8 Å². The molecule has 0 fully saturated rings. The van der Waals surface area contributed by atoms with Gasteiger partial charge in [-0.1, -0.05) is 11.6 Å². The number of benzene rings is 1. The van der Waals surface area contributed by atoms with Crippen LogP contribution in [0, 0.1) is 5.82 Å². The van der Waals surface area contributed by atoms with Crippen LogP contribution in [-0.4, -0.2) is 27.0 Å². The molecule has 1 aromatic carbocycles. The van der Waals surface area contributed by atoms with Crippen molar-refractivity contribution in [2.24, 2.45) is 0 Å². The molecule has 0 saturated carbocycles. The van der Waals surface area contributed by atoms with Gasteiger partial charge in [-0.05, 0) is 35.9 Å². The lowest BCUT2D eigenvalue weighted by Crippen LogP contribution is -2.26. The van der Waals surface area contributed by atoms with Crippen molar-refractivity contribution < 1.29 is 19.1 Å². The molecule has 0 spiro atoms. The van der Waals surface area contributed by atoms with Crippen molar-refractivity contribution in [1.82, 2.24) is 15.3 Å². The van der Waals surface area contributed by atoms with Crippen molar-refractivity contribution in [3.05, 3.63) is 74.5 Å². The molecule has 0 atom stereocenters. The van der Waals surface area contributed by atoms with E-state index >= 15 is 0 Å². The van der Waals surface area contributed by atoms with Gasteiger partial charge in [-0.25, -0.2) is 9.18 Å². The van der Waals surface area contributed by atoms with E-state index in [1.54, 1.807) is 6.07 Å². The fourth-order valence-electron chi connectivity index (χ4n) is 2.61. The summed E-state index contributed by atoms with van der Waals surface area (Å²) in [6, 6.07) is 6.91. The SMILES string of the molecule is O=C(Cc1ncccc1F)NCc1cc(Cl)cc2cc(C(=O)O)c(=O)[nH]c12. The van der Waals surface area contributed by atoms with Crippen LogP contribution in [0.1, 0.15) is 21.6 Å². The average molecular weight is 390 g/mol. The number of amides is 1. The number of hydrogen-bond acceptors (Lipinski definition) is 4. The number of carbonyl (C=O) groups excluding carboxylic acids is 1. The van der Waals surface area contributed by atoms with E-state index in [2.05, 4.69) is 15.3 Å². The fourth-order valence-corrected chi connectivity index (χ4v) is 2.86. The first-order chi connectivity index (χ1) is 12.8. The number of aromatic amines is 1. The van der Waals surface area contributed by atoms with Gasteiger partial charge in [0.2, 0.25) is 5.91 Å². The predicted molar refractivity (Wildman–Crippen MR) is 96.3 cm³/mol. The second-order valence-electron chi connectivity index (χ2n) is 5.73. The highest BCUT2D eigenvalue weighted by atomic mass is 35.5. The van der Waals surface area contributed by atoms with Crippen molar-refractivity contribution >= 4 is 34.4 Å². The first-order valence-corrected chi connectivity index (χ1v) is 8.18. The molecule has 2 heterocycles. The number of carbonyl (C=O) groups is 2. The molecule has 3 N–H and O–H groups in total. The monoisotopic (exact) mass is 389 g/mol. The molecule has 1 amide bonds. The summed E-state index contributed by atoms with van der Waals surface area (Å²) in [6.45, 7) is 0.00665. The molecule has 0 aliphatic heterocycles. The quantitative estimate of drug-likeness (QED) is 0.619. The van der Waals surface area contributed by atoms with Crippen molar-refractivity contribution in [3.8, 4) is 0 Å². The number of fused-ring (bicyclic) bond motifs is 1. The summed E-state index contributed by atoms with van der Waals surface area (Å²) in [5, 5.41) is 12.4. The zero-order chi connectivity index (χ0) is 19.6. The number of rotatable bonds is 5. The topological polar surface area (TPSA) is 112 Å². The van der Waals surface area contributed by atoms with Crippen molar-refractivity contribution in [2.75, 3.05) is 0 Å². The highest BCUT2D eigenvalue weighted by Crippen LogP contribution is 2.22. The third-order valence-electron chi connectivity index (χ3n) is 3.87. The number of pyridine rings is 2. The van der Waals surface area contributed by atoms with E-state index in [1.807, 2.05) is 0 Å². The lowest BCUT2D eigenvalue weighted by molar-refractivity contribution is -0.120. The second-order valence-corrected chi connectivity index (χ2v) is 6.17. The number of aromatic carboxylic acids is 1. The van der Waals surface area contributed by atoms with Gasteiger partial charge in [-0.15, -0.1) is 0 Å². The molecular formula is C18H13ClFN3O4. The van der Waals surface area contributed by atoms with Gasteiger partial charge in [0.15, 0.2) is 0 Å². The number of nitrogens with zero attached hydrogens (tertiary/aromatic N) is 1. The number of halogens is 2. The Labute approximate surface area is 156 Å². The van der Waals surface area contributed by atoms with Gasteiger partial charge in [0.05, 0.1) is 17.6 Å². The van der Waals surface area contributed by atoms with Crippen LogP contribution in [0.2, 0.25) is 5.02 Å². The lowest BCUT2D eigenvalue weighted by atomic mass is 10.1. The zero-order valence-electron chi connectivity index (χ0n) is 13.8. The van der Waals surface area contributed by atoms with Crippen molar-refractivity contribution in [2.45, 2.75) is 13.0 Å². The number of aromatic nitrogens is 2. The van der Waals surface area contributed by atoms with Crippen LogP contribution in [0.4, 0.5) is 4.39 Å². The van der Waals surface area contributed by atoms with Gasteiger partial charge in [0, 0.05) is 23.2 Å². The van der Waals surface area contributed by atoms with Gasteiger partial charge in [-0.2, -0.15) is 0 Å². The third kappa shape index (κ3) is 4.12. The van der Waals surface area contributed by atoms with Gasteiger partial charge in [0.25, 0.3) is 5.56 Å². The Kier molecular flexibility index (Phi) is 5.18. The van der Waals surface area contributed by atoms with Crippen LogP contribution in [0.3, 0.4) is 0 Å². The van der Waals surface area contributed by atoms with Crippen LogP contribution in [0.15, 0.2) is 41.3 Å². The van der Waals surface area contributed by atoms with Crippen molar-refractivity contribution in [1.29, 1.82) is 0 Å². The Hall–Kier alpha value is -3.26. The van der Waals surface area contributed by atoms with E-state index < -0.39 is 28.8 Å². The van der Waals surface area contributed by atoms with E-state index in [4.69, 9.17) is 16.7 Å². The van der Waals surface area contributed by atoms with Gasteiger partial charge in [0.1, 0.15) is 11.4 Å². The maximum atomic E-state index is 13.6. The van der Waals surface area contributed by atoms with Crippen molar-refractivity contribution in [3.63, 3.8) is 0 Å². The van der Waals surface area contributed by atoms with Crippen LogP contribution < -0.4 is 10.9 Å². The summed E-state index contributed by atoms with van der Waals surface area (Å²) in [5.41, 5.74) is -0.309. The number of hydrogen-bond donors (Lipinski definition) is 3. The molecule has 9 heteroatoms. The molecule has 0 aliphatic rings. The number of carboxylic acid groups (broad SMARTS) is 1. The summed E-state index contributed by atoms with van der Waals surface area (Å²) in [5.74, 6) is -2.40. The minimum Gasteiger partial charge on any atom is -0.477 e. The van der Waals surface area contributed by atoms with Crippen LogP contribution in [0.25, 0.3) is 10.9 Å². The molecule has 3 aromatic rings. The summed E-state index contributed by atoms with van der Waals surface area (Å²) in [7, 11) is 0. The molecule has 138 valence electrons. The largest absolute Gasteiger partial charge is 0.477 e. The molecule has 0 saturated heterocycles. The molecule has 0 aliphatic carbocycles. The Balaban J connectivity index is 1.85. The molecule has 27 heavy (non-hydrogen) atoms. The minimum absolute atomic E-state index is 0.00665. The summed E-state index contributed by atoms with van der Waals surface area (Å²) < 4.78 is 13.6. The standard InChI is InChI=1S/C18H13ClFN3O4/c19-11-4-9-6-12(18(26)27)17(25)23-16(9)10(5-11)8-22-15(24)7-14-13(20)2-1-3-21-14/h1-6H,7-8H2,(H,22,24)(H,23,25)(H,26,27). The maximum Gasteiger partial charge on any atom is 0.341 e. The van der Waals surface area contributed by atoms with Gasteiger partial charge < -0.3 is 15.4 Å². The second kappa shape index (κ2) is 7.55. The van der Waals surface area contributed by atoms with Crippen LogP contribution >= 0.6 is 11.6 Å². The molecule has 7 nitrogen and oxygen atoms in total. The number of carboxylic acids is 1. The minimum atomic E-state index is -1.36. The molecule has 2 aromatic heterocycles. The Morgan fingerprint density at radius 2 is 2.07 bits per heavy atom. The first kappa shape index (κ1) is 18.5. The van der Waals surface area contributed by atoms with E-state index in [9.17, 15) is 18.8 Å².